The second kappa shape index (κ2) is 8.36. The first kappa shape index (κ1) is 26.3. The van der Waals surface area contributed by atoms with Gasteiger partial charge in [-0.3, -0.25) is 0 Å². The molecule has 0 rings (SSSR count). The fraction of sp³-hybridized carbons (Fsp3) is 1.00. The predicted octanol–water partition coefficient (Wildman–Crippen LogP) is 5.70. The summed E-state index contributed by atoms with van der Waals surface area (Å²) in [5, 5.41) is 0. The minimum atomic E-state index is -1.47. The molecule has 0 fully saturated rings. The Balaban J connectivity index is 6.17. The van der Waals surface area contributed by atoms with Crippen LogP contribution in [0.4, 0.5) is 0 Å². The second-order valence-electron chi connectivity index (χ2n) is 11.9. The summed E-state index contributed by atoms with van der Waals surface area (Å²) in [4.78, 5) is 0. The van der Waals surface area contributed by atoms with Gasteiger partial charge in [0.15, 0.2) is 0 Å². The number of hydrogen-bond donors (Lipinski definition) is 0. The van der Waals surface area contributed by atoms with Crippen LogP contribution in [-0.4, -0.2) is 69.2 Å². The van der Waals surface area contributed by atoms with Crippen molar-refractivity contribution in [3.05, 3.63) is 0 Å². The number of hydrogen-bond acceptors (Lipinski definition) is 3. The summed E-state index contributed by atoms with van der Waals surface area (Å²) in [5.74, 6) is 0. The third-order valence-corrected chi connectivity index (χ3v) is 26.1. The van der Waals surface area contributed by atoms with Gasteiger partial charge in [-0.1, -0.05) is 0 Å². The summed E-state index contributed by atoms with van der Waals surface area (Å²) in [7, 11) is -7.20. The van der Waals surface area contributed by atoms with Gasteiger partial charge in [-0.15, -0.1) is 0 Å². The van der Waals surface area contributed by atoms with E-state index in [0.717, 1.165) is 0 Å². The fourth-order valence-electron chi connectivity index (χ4n) is 3.40. The molecular weight excluding hydrogens is 452 g/mol. The van der Waals surface area contributed by atoms with Gasteiger partial charge in [-0.05, 0) is 0 Å². The van der Waals surface area contributed by atoms with Gasteiger partial charge in [-0.2, -0.15) is 0 Å². The normalized spacial score (nSPS) is 15.9. The zero-order chi connectivity index (χ0) is 20.6. The van der Waals surface area contributed by atoms with Gasteiger partial charge >= 0.3 is 171 Å². The Bertz CT molecular complexity index is 439. The molecule has 0 saturated carbocycles. The van der Waals surface area contributed by atoms with Crippen LogP contribution in [0.15, 0.2) is 3.97 Å². The van der Waals surface area contributed by atoms with E-state index in [1.807, 2.05) is 0 Å². The molecule has 0 spiro atoms. The molecule has 0 aromatic carbocycles. The molecule has 0 aliphatic heterocycles. The molecule has 25 heavy (non-hydrogen) atoms. The summed E-state index contributed by atoms with van der Waals surface area (Å²) in [5.41, 5.74) is 0. The summed E-state index contributed by atoms with van der Waals surface area (Å²) < 4.78 is 13.8. The Hall–Kier alpha value is 1.32. The molecule has 0 N–H and O–H groups in total. The molecule has 0 heterocycles. The molecule has 0 radical (unpaired) electrons. The van der Waals surface area contributed by atoms with E-state index in [-0.39, 0.29) is 15.8 Å². The standard InChI is InChI=1S/C15H45AsN4Si5/c1-21(2,3)18(20(24(10,11)12)25(13,14)15)16-17-19(22(4,5)6)23(7,8)9/h1-15H3. The summed E-state index contributed by atoms with van der Waals surface area (Å²) in [6.07, 6.45) is 0. The third kappa shape index (κ3) is 8.47. The van der Waals surface area contributed by atoms with Gasteiger partial charge in [-0.25, -0.2) is 0 Å². The molecular formula is C15H45AsN4Si5. The fourth-order valence-corrected chi connectivity index (χ4v) is 35.6. The van der Waals surface area contributed by atoms with E-state index in [9.17, 15) is 0 Å². The van der Waals surface area contributed by atoms with Crippen molar-refractivity contribution in [2.24, 2.45) is 3.97 Å². The van der Waals surface area contributed by atoms with Crippen molar-refractivity contribution in [1.82, 2.24) is 12.3 Å². The van der Waals surface area contributed by atoms with Crippen molar-refractivity contribution in [2.75, 3.05) is 0 Å². The maximum absolute atomic E-state index is 5.39. The van der Waals surface area contributed by atoms with Crippen LogP contribution < -0.4 is 0 Å². The zero-order valence-electron chi connectivity index (χ0n) is 19.7. The zero-order valence-corrected chi connectivity index (χ0v) is 26.6. The molecule has 0 unspecified atom stereocenters. The summed E-state index contributed by atoms with van der Waals surface area (Å²) in [6.45, 7) is 37.2. The van der Waals surface area contributed by atoms with E-state index >= 15 is 0 Å². The third-order valence-electron chi connectivity index (χ3n) is 3.55. The molecule has 0 aliphatic carbocycles. The molecule has 0 atom stereocenters. The van der Waals surface area contributed by atoms with Crippen LogP contribution in [0.25, 0.3) is 0 Å². The van der Waals surface area contributed by atoms with Crippen LogP contribution in [0.3, 0.4) is 0 Å². The Morgan fingerprint density at radius 1 is 0.480 bits per heavy atom. The first-order valence-corrected chi connectivity index (χ1v) is 28.3. The van der Waals surface area contributed by atoms with E-state index in [4.69, 9.17) is 3.97 Å². The van der Waals surface area contributed by atoms with Crippen molar-refractivity contribution in [3.63, 3.8) is 0 Å². The molecule has 0 aromatic heterocycles. The monoisotopic (exact) mass is 496 g/mol. The maximum atomic E-state index is 5.39. The van der Waals surface area contributed by atoms with Crippen molar-refractivity contribution in [3.8, 4) is 0 Å². The predicted molar refractivity (Wildman–Crippen MR) is 130 cm³/mol. The van der Waals surface area contributed by atoms with Crippen LogP contribution in [0, 0.1) is 0 Å². The molecule has 0 aromatic rings. The molecule has 150 valence electrons. The van der Waals surface area contributed by atoms with Crippen LogP contribution in [0.1, 0.15) is 0 Å². The van der Waals surface area contributed by atoms with Gasteiger partial charge in [0, 0.05) is 0 Å². The average Bonchev–Trinajstić information content (AvgIpc) is 2.17. The molecule has 0 aliphatic rings. The topological polar surface area (TPSA) is 22.1 Å². The van der Waals surface area contributed by atoms with Crippen molar-refractivity contribution in [1.29, 1.82) is 0 Å². The number of hydrazine groups is 1. The van der Waals surface area contributed by atoms with Crippen molar-refractivity contribution < 1.29 is 0 Å². The molecule has 0 saturated heterocycles. The first-order valence-electron chi connectivity index (χ1n) is 9.42. The van der Waals surface area contributed by atoms with Gasteiger partial charge in [0.05, 0.1) is 0 Å². The molecule has 0 amide bonds. The Morgan fingerprint density at radius 2 is 0.800 bits per heavy atom. The number of rotatable bonds is 8. The Morgan fingerprint density at radius 3 is 1.00 bits per heavy atom. The van der Waals surface area contributed by atoms with Gasteiger partial charge < -0.3 is 0 Å². The first-order chi connectivity index (χ1) is 10.6. The Kier molecular flexibility index (Phi) is 8.81. The number of nitrogens with zero attached hydrogens (tertiary/aromatic N) is 4. The summed E-state index contributed by atoms with van der Waals surface area (Å²) >= 11 is -0.186. The van der Waals surface area contributed by atoms with E-state index in [2.05, 4.69) is 110 Å². The quantitative estimate of drug-likeness (QED) is 0.318. The van der Waals surface area contributed by atoms with Crippen molar-refractivity contribution >= 4 is 57.0 Å². The van der Waals surface area contributed by atoms with E-state index < -0.39 is 41.2 Å². The average molecular weight is 497 g/mol. The van der Waals surface area contributed by atoms with E-state index in [1.54, 1.807) is 0 Å². The van der Waals surface area contributed by atoms with Gasteiger partial charge in [0.1, 0.15) is 0 Å². The van der Waals surface area contributed by atoms with Crippen LogP contribution in [0.5, 0.6) is 0 Å². The minimum absolute atomic E-state index is 0.186. The van der Waals surface area contributed by atoms with E-state index in [1.165, 1.54) is 0 Å². The summed E-state index contributed by atoms with van der Waals surface area (Å²) in [6, 6.07) is 0. The molecule has 10 heteroatoms. The van der Waals surface area contributed by atoms with Gasteiger partial charge in [0.25, 0.3) is 0 Å². The van der Waals surface area contributed by atoms with E-state index in [0.29, 0.717) is 0 Å². The molecule has 0 bridgehead atoms. The van der Waals surface area contributed by atoms with Crippen LogP contribution >= 0.6 is 0 Å². The van der Waals surface area contributed by atoms with Gasteiger partial charge in [0.2, 0.25) is 0 Å². The van der Waals surface area contributed by atoms with Crippen LogP contribution in [-0.2, 0) is 0 Å². The Labute approximate surface area is 170 Å². The second-order valence-corrected chi connectivity index (χ2v) is 39.0. The molecule has 4 nitrogen and oxygen atoms in total. The SMILES string of the molecule is C[Si](C)(C)N([As]=NN([Si](C)(C)C)[Si](C)(C)C)N([Si](C)(C)C)[Si](C)(C)C. The van der Waals surface area contributed by atoms with Crippen molar-refractivity contribution in [2.45, 2.75) is 98.2 Å². The van der Waals surface area contributed by atoms with Crippen LogP contribution in [0.2, 0.25) is 98.2 Å².